The zero-order valence-electron chi connectivity index (χ0n) is 10.7. The van der Waals surface area contributed by atoms with Crippen molar-refractivity contribution in [2.45, 2.75) is 43.7 Å². The van der Waals surface area contributed by atoms with Gasteiger partial charge in [0.25, 0.3) is 0 Å². The average molecular weight is 290 g/mol. The molecule has 1 heterocycles. The Kier molecular flexibility index (Phi) is 4.60. The minimum atomic E-state index is -4.38. The number of hydrogen-bond acceptors (Lipinski definition) is 3. The average Bonchev–Trinajstić information content (AvgIpc) is 2.77. The summed E-state index contributed by atoms with van der Waals surface area (Å²) in [6, 6.07) is 4.22. The maximum Gasteiger partial charge on any atom is 0.433 e. The molecule has 2 unspecified atom stereocenters. The summed E-state index contributed by atoms with van der Waals surface area (Å²) in [5.74, 6) is 1.35. The van der Waals surface area contributed by atoms with Gasteiger partial charge in [0.05, 0.1) is 0 Å². The smallest absolute Gasteiger partial charge is 0.366 e. The number of anilines is 1. The second-order valence-corrected chi connectivity index (χ2v) is 6.10. The second-order valence-electron chi connectivity index (χ2n) is 4.58. The summed E-state index contributed by atoms with van der Waals surface area (Å²) in [6.07, 6.45) is -1.15. The maximum atomic E-state index is 12.6. The van der Waals surface area contributed by atoms with Gasteiger partial charge in [0.1, 0.15) is 11.5 Å². The lowest BCUT2D eigenvalue weighted by molar-refractivity contribution is -0.141. The molecule has 1 aliphatic carbocycles. The fraction of sp³-hybridized carbons (Fsp3) is 0.615. The SMILES string of the molecule is CCSC1CCCC1Nc1cccc(C(F)(F)F)n1. The summed E-state index contributed by atoms with van der Waals surface area (Å²) in [5, 5.41) is 3.63. The molecule has 1 fully saturated rings. The molecule has 1 aromatic heterocycles. The van der Waals surface area contributed by atoms with Gasteiger partial charge in [-0.1, -0.05) is 19.4 Å². The van der Waals surface area contributed by atoms with Crippen molar-refractivity contribution >= 4 is 17.6 Å². The van der Waals surface area contributed by atoms with Crippen molar-refractivity contribution in [3.05, 3.63) is 23.9 Å². The van der Waals surface area contributed by atoms with Crippen LogP contribution >= 0.6 is 11.8 Å². The summed E-state index contributed by atoms with van der Waals surface area (Å²) in [5.41, 5.74) is -0.838. The van der Waals surface area contributed by atoms with Crippen LogP contribution in [0.3, 0.4) is 0 Å². The van der Waals surface area contributed by atoms with E-state index in [0.29, 0.717) is 11.1 Å². The first-order valence-electron chi connectivity index (χ1n) is 6.43. The number of halogens is 3. The first-order valence-corrected chi connectivity index (χ1v) is 7.48. The van der Waals surface area contributed by atoms with E-state index in [9.17, 15) is 13.2 Å². The summed E-state index contributed by atoms with van der Waals surface area (Å²) >= 11 is 1.86. The van der Waals surface area contributed by atoms with Crippen LogP contribution in [0, 0.1) is 0 Å². The summed E-state index contributed by atoms with van der Waals surface area (Å²) in [7, 11) is 0. The first kappa shape index (κ1) is 14.5. The predicted octanol–water partition coefficient (Wildman–Crippen LogP) is 4.19. The third kappa shape index (κ3) is 3.78. The number of aromatic nitrogens is 1. The molecule has 1 aliphatic rings. The summed E-state index contributed by atoms with van der Waals surface area (Å²) in [4.78, 5) is 3.66. The van der Waals surface area contributed by atoms with Crippen LogP contribution in [0.4, 0.5) is 19.0 Å². The molecule has 0 radical (unpaired) electrons. The van der Waals surface area contributed by atoms with E-state index < -0.39 is 11.9 Å². The second kappa shape index (κ2) is 6.03. The molecule has 106 valence electrons. The normalized spacial score (nSPS) is 23.6. The van der Waals surface area contributed by atoms with Gasteiger partial charge in [0, 0.05) is 11.3 Å². The van der Waals surface area contributed by atoms with Gasteiger partial charge in [-0.25, -0.2) is 4.98 Å². The quantitative estimate of drug-likeness (QED) is 0.900. The van der Waals surface area contributed by atoms with Gasteiger partial charge in [-0.15, -0.1) is 0 Å². The molecule has 0 aliphatic heterocycles. The fourth-order valence-electron chi connectivity index (χ4n) is 2.37. The monoisotopic (exact) mass is 290 g/mol. The molecular weight excluding hydrogens is 273 g/mol. The van der Waals surface area contributed by atoms with Gasteiger partial charge >= 0.3 is 6.18 Å². The van der Waals surface area contributed by atoms with Crippen LogP contribution in [0.25, 0.3) is 0 Å². The van der Waals surface area contributed by atoms with Crippen LogP contribution in [0.5, 0.6) is 0 Å². The molecule has 0 spiro atoms. The molecule has 2 nitrogen and oxygen atoms in total. The number of nitrogens with zero attached hydrogens (tertiary/aromatic N) is 1. The Labute approximate surface area is 115 Å². The third-order valence-electron chi connectivity index (χ3n) is 3.21. The van der Waals surface area contributed by atoms with Crippen LogP contribution in [0.2, 0.25) is 0 Å². The van der Waals surface area contributed by atoms with Gasteiger partial charge in [-0.05, 0) is 30.7 Å². The largest absolute Gasteiger partial charge is 0.433 e. The molecule has 2 atom stereocenters. The minimum absolute atomic E-state index is 0.223. The zero-order chi connectivity index (χ0) is 13.9. The Bertz CT molecular complexity index is 423. The molecule has 19 heavy (non-hydrogen) atoms. The molecule has 6 heteroatoms. The lowest BCUT2D eigenvalue weighted by atomic mass is 10.2. The summed E-state index contributed by atoms with van der Waals surface area (Å²) < 4.78 is 37.8. The van der Waals surface area contributed by atoms with Gasteiger partial charge in [-0.3, -0.25) is 0 Å². The van der Waals surface area contributed by atoms with E-state index in [-0.39, 0.29) is 6.04 Å². The number of rotatable bonds is 4. The van der Waals surface area contributed by atoms with Gasteiger partial charge in [0.2, 0.25) is 0 Å². The number of alkyl halides is 3. The number of pyridine rings is 1. The van der Waals surface area contributed by atoms with Crippen molar-refractivity contribution in [2.75, 3.05) is 11.1 Å². The topological polar surface area (TPSA) is 24.9 Å². The standard InChI is InChI=1S/C13H17F3N2S/c1-2-19-10-6-3-5-9(10)17-12-8-4-7-11(18-12)13(14,15)16/h4,7-10H,2-3,5-6H2,1H3,(H,17,18). The molecule has 0 aromatic carbocycles. The molecule has 0 bridgehead atoms. The zero-order valence-corrected chi connectivity index (χ0v) is 11.5. The first-order chi connectivity index (χ1) is 9.00. The van der Waals surface area contributed by atoms with Crippen molar-refractivity contribution in [1.29, 1.82) is 0 Å². The number of hydrogen-bond donors (Lipinski definition) is 1. The highest BCUT2D eigenvalue weighted by Crippen LogP contribution is 2.33. The fourth-order valence-corrected chi connectivity index (χ4v) is 3.57. The Hall–Kier alpha value is -0.910. The van der Waals surface area contributed by atoms with Gasteiger partial charge in [0.15, 0.2) is 0 Å². The van der Waals surface area contributed by atoms with Crippen LogP contribution in [-0.4, -0.2) is 22.0 Å². The van der Waals surface area contributed by atoms with E-state index in [1.54, 1.807) is 6.07 Å². The van der Waals surface area contributed by atoms with Gasteiger partial charge < -0.3 is 5.32 Å². The van der Waals surface area contributed by atoms with Crippen LogP contribution in [0.1, 0.15) is 31.9 Å². The Balaban J connectivity index is 2.06. The van der Waals surface area contributed by atoms with Crippen LogP contribution < -0.4 is 5.32 Å². The lowest BCUT2D eigenvalue weighted by Gasteiger charge is -2.21. The molecule has 2 rings (SSSR count). The predicted molar refractivity (Wildman–Crippen MR) is 72.4 cm³/mol. The van der Waals surface area contributed by atoms with E-state index in [2.05, 4.69) is 17.2 Å². The maximum absolute atomic E-state index is 12.6. The Morgan fingerprint density at radius 2 is 2.16 bits per heavy atom. The van der Waals surface area contributed by atoms with Gasteiger partial charge in [-0.2, -0.15) is 24.9 Å². The minimum Gasteiger partial charge on any atom is -0.366 e. The van der Waals surface area contributed by atoms with Crippen molar-refractivity contribution in [1.82, 2.24) is 4.98 Å². The van der Waals surface area contributed by atoms with E-state index in [0.717, 1.165) is 31.1 Å². The van der Waals surface area contributed by atoms with Crippen molar-refractivity contribution in [3.63, 3.8) is 0 Å². The molecule has 1 saturated carbocycles. The molecule has 0 saturated heterocycles. The van der Waals surface area contributed by atoms with E-state index in [1.807, 2.05) is 11.8 Å². The van der Waals surface area contributed by atoms with Crippen molar-refractivity contribution in [2.24, 2.45) is 0 Å². The summed E-state index contributed by atoms with van der Waals surface area (Å²) in [6.45, 7) is 2.10. The van der Waals surface area contributed by atoms with Crippen molar-refractivity contribution in [3.8, 4) is 0 Å². The molecule has 1 aromatic rings. The molecular formula is C13H17F3N2S. The lowest BCUT2D eigenvalue weighted by Crippen LogP contribution is -2.27. The number of thioether (sulfide) groups is 1. The Morgan fingerprint density at radius 3 is 2.84 bits per heavy atom. The third-order valence-corrected chi connectivity index (χ3v) is 4.53. The highest BCUT2D eigenvalue weighted by molar-refractivity contribution is 7.99. The molecule has 1 N–H and O–H groups in total. The van der Waals surface area contributed by atoms with Crippen LogP contribution in [0.15, 0.2) is 18.2 Å². The van der Waals surface area contributed by atoms with Crippen LogP contribution in [-0.2, 0) is 6.18 Å². The van der Waals surface area contributed by atoms with E-state index >= 15 is 0 Å². The molecule has 0 amide bonds. The number of nitrogens with one attached hydrogen (secondary N) is 1. The van der Waals surface area contributed by atoms with E-state index in [4.69, 9.17) is 0 Å². The highest BCUT2D eigenvalue weighted by Gasteiger charge is 2.33. The van der Waals surface area contributed by atoms with Crippen molar-refractivity contribution < 1.29 is 13.2 Å². The highest BCUT2D eigenvalue weighted by atomic mass is 32.2. The van der Waals surface area contributed by atoms with E-state index in [1.165, 1.54) is 6.07 Å². The Morgan fingerprint density at radius 1 is 1.37 bits per heavy atom.